The number of benzene rings is 3. The Morgan fingerprint density at radius 2 is 0.656 bits per heavy atom. The van der Waals surface area contributed by atoms with E-state index < -0.39 is 0 Å². The van der Waals surface area contributed by atoms with Crippen LogP contribution in [0.3, 0.4) is 0 Å². The van der Waals surface area contributed by atoms with Crippen LogP contribution < -0.4 is 0 Å². The molecule has 0 bridgehead atoms. The van der Waals surface area contributed by atoms with Gasteiger partial charge in [0, 0.05) is 53.0 Å². The molecule has 21 atom stereocenters. The minimum absolute atomic E-state index is 0.00477. The molecule has 6 heterocycles. The highest BCUT2D eigenvalue weighted by Gasteiger charge is 2.57. The topological polar surface area (TPSA) is 118 Å². The first-order valence-electron chi connectivity index (χ1n) is 34.8. The molecule has 12 heteroatoms. The number of hydrogen-bond donors (Lipinski definition) is 0. The van der Waals surface area contributed by atoms with E-state index in [2.05, 4.69) is 93.0 Å². The predicted molar refractivity (Wildman–Crippen MR) is 358 cm³/mol. The van der Waals surface area contributed by atoms with Gasteiger partial charge in [0.05, 0.1) is 34.8 Å². The Kier molecular flexibility index (Phi) is 19.2. The molecule has 15 rings (SSSR count). The monoisotopic (exact) mass is 1260 g/mol. The molecule has 6 aromatic rings. The molecule has 0 radical (unpaired) electrons. The van der Waals surface area contributed by atoms with Crippen molar-refractivity contribution < 1.29 is 41.8 Å². The third-order valence-corrected chi connectivity index (χ3v) is 23.5. The number of carbonyl (C=O) groups is 3. The Morgan fingerprint density at radius 3 is 0.914 bits per heavy atom. The summed E-state index contributed by atoms with van der Waals surface area (Å²) in [6.45, 7) is 13.2. The minimum atomic E-state index is -0.243. The molecule has 6 aliphatic carbocycles. The largest absolute Gasteiger partial charge is 0.462 e. The third kappa shape index (κ3) is 14.0. The lowest BCUT2D eigenvalue weighted by atomic mass is 9.56. The first kappa shape index (κ1) is 64.2. The Morgan fingerprint density at radius 1 is 0.366 bits per heavy atom. The molecular formula is C81H90F3N3O6. The number of aromatic nitrogens is 3. The van der Waals surface area contributed by atoms with Crippen molar-refractivity contribution >= 4 is 36.1 Å². The van der Waals surface area contributed by atoms with E-state index in [1.54, 1.807) is 36.8 Å². The number of ether oxygens (including phenoxy) is 3. The lowest BCUT2D eigenvalue weighted by Crippen LogP contribution is -2.43. The number of halogens is 3. The van der Waals surface area contributed by atoms with Crippen molar-refractivity contribution in [1.82, 2.24) is 15.0 Å². The summed E-state index contributed by atoms with van der Waals surface area (Å²) in [6.07, 6.45) is 32.7. The fourth-order valence-electron chi connectivity index (χ4n) is 19.2. The Hall–Kier alpha value is -7.47. The molecule has 93 heavy (non-hydrogen) atoms. The van der Waals surface area contributed by atoms with Crippen LogP contribution in [0.2, 0.25) is 0 Å². The molecule has 486 valence electrons. The normalized spacial score (nSPS) is 34.9. The van der Waals surface area contributed by atoms with Gasteiger partial charge in [-0.2, -0.15) is 0 Å². The molecule has 9 nitrogen and oxygen atoms in total. The highest BCUT2D eigenvalue weighted by molar-refractivity contribution is 5.77. The smallest absolute Gasteiger partial charge is 0.309 e. The maximum absolute atomic E-state index is 13.5. The zero-order chi connectivity index (χ0) is 64.6. The maximum atomic E-state index is 13.5. The lowest BCUT2D eigenvalue weighted by molar-refractivity contribution is -0.145. The molecule has 3 saturated heterocycles. The molecule has 9 fully saturated rings. The van der Waals surface area contributed by atoms with Crippen LogP contribution >= 0.6 is 0 Å². The van der Waals surface area contributed by atoms with Gasteiger partial charge in [-0.05, 0) is 239 Å². The molecule has 3 aromatic heterocycles. The first-order chi connectivity index (χ1) is 45.0. The summed E-state index contributed by atoms with van der Waals surface area (Å²) in [4.78, 5) is 51.3. The average Bonchev–Trinajstić information content (AvgIpc) is 1.70. The number of fused-ring (bicyclic) bond motifs is 6. The van der Waals surface area contributed by atoms with Gasteiger partial charge in [0.2, 0.25) is 0 Å². The molecule has 3 aromatic carbocycles. The van der Waals surface area contributed by atoms with E-state index in [1.165, 1.54) is 94.2 Å². The van der Waals surface area contributed by atoms with Crippen LogP contribution in [0.5, 0.6) is 0 Å². The van der Waals surface area contributed by atoms with E-state index in [0.29, 0.717) is 53.3 Å². The van der Waals surface area contributed by atoms with Gasteiger partial charge in [0.25, 0.3) is 0 Å². The second-order valence-corrected chi connectivity index (χ2v) is 29.5. The SMILES string of the molecule is C[C@@H]1CC[C@@H]2[C@@H](C1)C[C@H]1C(=O)O[C@H](C)[C@H]1[C@H]2/C=C/c1ccc(-c2cccc(F)c2)cn1.C[C@@H]1CC[C@@H]2[C@@H](C1)C[C@H]1C(=O)O[C@H](C)[C@H]1[C@H]2/C=C/c1ccc(-c2cccc(F)c2)cn1.C[C@@H]1CC[C@@H]2[C@@H](C1)C[C@H]1C(=O)O[C@H](C)[C@H]1[C@H]2/C=C/c1ccc(-c2cccc(F)c2)cn1. The summed E-state index contributed by atoms with van der Waals surface area (Å²) in [5.74, 6) is 7.20. The fourth-order valence-corrected chi connectivity index (χ4v) is 19.2. The van der Waals surface area contributed by atoms with Crippen LogP contribution in [0.15, 0.2) is 146 Å². The maximum Gasteiger partial charge on any atom is 0.309 e. The number of allylic oxidation sites excluding steroid dienone is 3. The van der Waals surface area contributed by atoms with Gasteiger partial charge in [-0.15, -0.1) is 0 Å². The Bertz CT molecular complexity index is 3340. The van der Waals surface area contributed by atoms with Crippen molar-refractivity contribution in [2.75, 3.05) is 0 Å². The van der Waals surface area contributed by atoms with Gasteiger partial charge in [-0.3, -0.25) is 29.3 Å². The molecule has 0 N–H and O–H groups in total. The predicted octanol–water partition coefficient (Wildman–Crippen LogP) is 18.5. The summed E-state index contributed by atoms with van der Waals surface area (Å²) >= 11 is 0. The second kappa shape index (κ2) is 27.8. The van der Waals surface area contributed by atoms with Gasteiger partial charge >= 0.3 is 17.9 Å². The third-order valence-electron chi connectivity index (χ3n) is 23.5. The molecule has 0 spiro atoms. The van der Waals surface area contributed by atoms with E-state index in [4.69, 9.17) is 14.2 Å². The lowest BCUT2D eigenvalue weighted by Gasteiger charge is -2.47. The number of carbonyl (C=O) groups excluding carboxylic acids is 3. The van der Waals surface area contributed by atoms with E-state index in [9.17, 15) is 27.6 Å². The van der Waals surface area contributed by atoms with Crippen LogP contribution in [-0.4, -0.2) is 51.2 Å². The van der Waals surface area contributed by atoms with Crippen LogP contribution in [0.4, 0.5) is 13.2 Å². The van der Waals surface area contributed by atoms with E-state index in [-0.39, 0.29) is 89.2 Å². The summed E-state index contributed by atoms with van der Waals surface area (Å²) in [5, 5.41) is 0. The molecule has 3 aliphatic heterocycles. The van der Waals surface area contributed by atoms with Gasteiger partial charge in [0.1, 0.15) is 35.8 Å². The van der Waals surface area contributed by atoms with Gasteiger partial charge in [-0.1, -0.05) is 113 Å². The summed E-state index contributed by atoms with van der Waals surface area (Å²) < 4.78 is 57.6. The second-order valence-electron chi connectivity index (χ2n) is 29.5. The van der Waals surface area contributed by atoms with Crippen LogP contribution in [0.1, 0.15) is 136 Å². The highest BCUT2D eigenvalue weighted by atomic mass is 19.1. The average molecular weight is 1260 g/mol. The molecular weight excluding hydrogens is 1170 g/mol. The van der Waals surface area contributed by atoms with Crippen molar-refractivity contribution in [3.05, 3.63) is 181 Å². The van der Waals surface area contributed by atoms with Crippen LogP contribution in [-0.2, 0) is 28.6 Å². The number of cyclic esters (lactones) is 3. The van der Waals surface area contributed by atoms with E-state index >= 15 is 0 Å². The van der Waals surface area contributed by atoms with Crippen LogP contribution in [0.25, 0.3) is 51.6 Å². The molecule has 0 unspecified atom stereocenters. The van der Waals surface area contributed by atoms with Crippen molar-refractivity contribution in [2.45, 2.75) is 137 Å². The standard InChI is InChI=1S/3C27H30FNO2/c3*1-16-6-10-23-20(12-16)14-25-26(17(2)31-27(25)30)24(23)11-9-22-8-7-19(15-29-22)18-4-3-5-21(28)13-18/h3*3-5,7-9,11,13,15-17,20,23-26H,6,10,12,14H2,1-2H3/b3*11-9+/t3*16-,17-,20+,23-,24+,25-,26+/m111/s1. The first-order valence-corrected chi connectivity index (χ1v) is 34.8. The molecule has 6 saturated carbocycles. The molecule has 0 amide bonds. The number of esters is 3. The van der Waals surface area contributed by atoms with Crippen molar-refractivity contribution in [1.29, 1.82) is 0 Å². The van der Waals surface area contributed by atoms with Crippen molar-refractivity contribution in [3.8, 4) is 33.4 Å². The fraction of sp³-hybridized carbons (Fsp3) is 0.481. The van der Waals surface area contributed by atoms with Gasteiger partial charge < -0.3 is 14.2 Å². The van der Waals surface area contributed by atoms with Crippen LogP contribution in [0, 0.1) is 124 Å². The zero-order valence-corrected chi connectivity index (χ0v) is 54.6. The Labute approximate surface area is 547 Å². The number of rotatable bonds is 9. The number of nitrogens with zero attached hydrogens (tertiary/aromatic N) is 3. The summed E-state index contributed by atoms with van der Waals surface area (Å²) in [5.41, 5.74) is 7.85. The summed E-state index contributed by atoms with van der Waals surface area (Å²) in [6, 6.07) is 31.6. The van der Waals surface area contributed by atoms with Gasteiger partial charge in [-0.25, -0.2) is 13.2 Å². The van der Waals surface area contributed by atoms with Crippen molar-refractivity contribution in [3.63, 3.8) is 0 Å². The quantitative estimate of drug-likeness (QED) is 0.103. The highest BCUT2D eigenvalue weighted by Crippen LogP contribution is 2.57. The zero-order valence-electron chi connectivity index (χ0n) is 54.6. The van der Waals surface area contributed by atoms with Gasteiger partial charge in [0.15, 0.2) is 0 Å². The van der Waals surface area contributed by atoms with Crippen molar-refractivity contribution in [2.24, 2.45) is 107 Å². The van der Waals surface area contributed by atoms with E-state index in [0.717, 1.165) is 87.5 Å². The minimum Gasteiger partial charge on any atom is -0.462 e. The number of hydrogen-bond acceptors (Lipinski definition) is 9. The number of pyridine rings is 3. The summed E-state index contributed by atoms with van der Waals surface area (Å²) in [7, 11) is 0. The van der Waals surface area contributed by atoms with E-state index in [1.807, 2.05) is 54.6 Å². The Balaban J connectivity index is 0.000000127. The molecule has 9 aliphatic rings.